The van der Waals surface area contributed by atoms with Gasteiger partial charge in [0.15, 0.2) is 0 Å². The van der Waals surface area contributed by atoms with E-state index in [0.29, 0.717) is 0 Å². The summed E-state index contributed by atoms with van der Waals surface area (Å²) in [6.07, 6.45) is 8.71. The number of benzene rings is 7. The van der Waals surface area contributed by atoms with Crippen molar-refractivity contribution in [2.24, 2.45) is 4.99 Å². The maximum atomic E-state index is 5.53. The Kier molecular flexibility index (Phi) is 5.84. The van der Waals surface area contributed by atoms with Gasteiger partial charge < -0.3 is 5.32 Å². The summed E-state index contributed by atoms with van der Waals surface area (Å²) in [4.78, 5) is 5.53. The van der Waals surface area contributed by atoms with Gasteiger partial charge in [-0.15, -0.1) is 11.3 Å². The minimum atomic E-state index is 0.0203. The summed E-state index contributed by atoms with van der Waals surface area (Å²) in [6, 6.07) is 48.4. The van der Waals surface area contributed by atoms with Crippen LogP contribution < -0.4 is 5.32 Å². The largest absolute Gasteiger partial charge is 0.359 e. The van der Waals surface area contributed by atoms with Crippen LogP contribution in [0.4, 0.5) is 0 Å². The molecule has 10 rings (SSSR count). The Hall–Kier alpha value is -5.77. The second kappa shape index (κ2) is 10.4. The first-order valence-corrected chi connectivity index (χ1v) is 16.9. The molecule has 2 heterocycles. The number of nitrogens with one attached hydrogen (secondary N) is 1. The molecule has 0 amide bonds. The Labute approximate surface area is 276 Å². The van der Waals surface area contributed by atoms with Gasteiger partial charge in [-0.1, -0.05) is 140 Å². The summed E-state index contributed by atoms with van der Waals surface area (Å²) in [5, 5.41) is 14.1. The predicted octanol–water partition coefficient (Wildman–Crippen LogP) is 11.4. The summed E-state index contributed by atoms with van der Waals surface area (Å²) in [5.74, 6) is 0.909. The zero-order valence-corrected chi connectivity index (χ0v) is 26.3. The van der Waals surface area contributed by atoms with Gasteiger partial charge in [-0.2, -0.15) is 0 Å². The third kappa shape index (κ3) is 4.07. The minimum absolute atomic E-state index is 0.0203. The average molecular weight is 617 g/mol. The summed E-state index contributed by atoms with van der Waals surface area (Å²) in [5.41, 5.74) is 6.85. The highest BCUT2D eigenvalue weighted by molar-refractivity contribution is 7.27. The van der Waals surface area contributed by atoms with E-state index in [9.17, 15) is 0 Å². The summed E-state index contributed by atoms with van der Waals surface area (Å²) < 4.78 is 2.60. The molecule has 1 aromatic heterocycles. The first-order valence-electron chi connectivity index (χ1n) is 16.1. The van der Waals surface area contributed by atoms with Crippen LogP contribution in [-0.2, 0) is 0 Å². The molecule has 47 heavy (non-hydrogen) atoms. The molecule has 7 aromatic carbocycles. The quantitative estimate of drug-likeness (QED) is 0.196. The van der Waals surface area contributed by atoms with Gasteiger partial charge in [-0.25, -0.2) is 4.99 Å². The minimum Gasteiger partial charge on any atom is -0.359 e. The third-order valence-electron chi connectivity index (χ3n) is 9.67. The monoisotopic (exact) mass is 616 g/mol. The van der Waals surface area contributed by atoms with E-state index in [1.807, 2.05) is 11.3 Å². The highest BCUT2D eigenvalue weighted by Gasteiger charge is 2.27. The Bertz CT molecular complexity index is 2710. The first kappa shape index (κ1) is 26.4. The smallest absolute Gasteiger partial charge is 0.135 e. The predicted molar refractivity (Wildman–Crippen MR) is 202 cm³/mol. The lowest BCUT2D eigenvalue weighted by atomic mass is 9.89. The van der Waals surface area contributed by atoms with E-state index < -0.39 is 0 Å². The van der Waals surface area contributed by atoms with Gasteiger partial charge >= 0.3 is 0 Å². The van der Waals surface area contributed by atoms with Crippen LogP contribution in [0, 0.1) is 0 Å². The molecular weight excluding hydrogens is 589 g/mol. The van der Waals surface area contributed by atoms with Gasteiger partial charge in [0.05, 0.1) is 11.7 Å². The van der Waals surface area contributed by atoms with Crippen LogP contribution in [0.1, 0.15) is 11.1 Å². The van der Waals surface area contributed by atoms with Crippen molar-refractivity contribution in [3.63, 3.8) is 0 Å². The van der Waals surface area contributed by atoms with Crippen molar-refractivity contribution in [1.29, 1.82) is 0 Å². The van der Waals surface area contributed by atoms with Crippen LogP contribution in [0.15, 0.2) is 168 Å². The molecule has 0 radical (unpaired) electrons. The van der Waals surface area contributed by atoms with Crippen molar-refractivity contribution in [3.8, 4) is 11.1 Å². The van der Waals surface area contributed by atoms with Crippen molar-refractivity contribution < 1.29 is 0 Å². The van der Waals surface area contributed by atoms with Gasteiger partial charge in [0.1, 0.15) is 5.84 Å². The van der Waals surface area contributed by atoms with Gasteiger partial charge in [0.2, 0.25) is 0 Å². The lowest BCUT2D eigenvalue weighted by Gasteiger charge is -2.28. The fourth-order valence-electron chi connectivity index (χ4n) is 7.55. The fourth-order valence-corrected chi connectivity index (χ4v) is 8.84. The zero-order valence-electron chi connectivity index (χ0n) is 25.4. The summed E-state index contributed by atoms with van der Waals surface area (Å²) in [6.45, 7) is 0. The van der Waals surface area contributed by atoms with Gasteiger partial charge in [-0.3, -0.25) is 0 Å². The van der Waals surface area contributed by atoms with Crippen molar-refractivity contribution in [3.05, 3.63) is 174 Å². The molecule has 0 saturated heterocycles. The first-order chi connectivity index (χ1) is 23.3. The molecule has 3 heteroatoms. The molecule has 1 aliphatic heterocycles. The van der Waals surface area contributed by atoms with Gasteiger partial charge in [-0.05, 0) is 56.3 Å². The fraction of sp³-hybridized carbons (Fsp3) is 0.0227. The Morgan fingerprint density at radius 1 is 0.532 bits per heavy atom. The third-order valence-corrected chi connectivity index (χ3v) is 10.9. The molecule has 220 valence electrons. The molecule has 2 nitrogen and oxygen atoms in total. The Morgan fingerprint density at radius 3 is 2.02 bits per heavy atom. The molecule has 2 aliphatic rings. The van der Waals surface area contributed by atoms with Crippen LogP contribution in [0.3, 0.4) is 0 Å². The molecule has 8 aromatic rings. The van der Waals surface area contributed by atoms with Crippen molar-refractivity contribution in [1.82, 2.24) is 5.32 Å². The lowest BCUT2D eigenvalue weighted by molar-refractivity contribution is 0.831. The van der Waals surface area contributed by atoms with Crippen molar-refractivity contribution in [2.75, 3.05) is 0 Å². The molecule has 1 N–H and O–H groups in total. The standard InChI is InChI=1S/C44H28N2S/c1-2-13-27(14-3-1)28-15-12-16-29(25-28)42-34-21-8-10-23-38(34)45-44(46-42)37-26-36-32-19-5-4-17-30(32)31-18-6-7-20-33(31)40(36)43-41(37)35-22-9-11-24-39(35)47-43/h1-26,38H,(H,45,46). The molecular formula is C44H28N2S. The molecule has 0 bridgehead atoms. The van der Waals surface area contributed by atoms with E-state index in [0.717, 1.165) is 22.7 Å². The number of thiophene rings is 1. The number of allylic oxidation sites excluding steroid dienone is 2. The number of aliphatic imine (C=N–C) groups is 1. The van der Waals surface area contributed by atoms with Crippen molar-refractivity contribution >= 4 is 75.4 Å². The molecule has 0 spiro atoms. The molecule has 1 aliphatic carbocycles. The highest BCUT2D eigenvalue weighted by atomic mass is 32.1. The van der Waals surface area contributed by atoms with Crippen LogP contribution in [0.5, 0.6) is 0 Å². The second-order valence-electron chi connectivity index (χ2n) is 12.3. The molecule has 1 atom stereocenters. The van der Waals surface area contributed by atoms with Crippen molar-refractivity contribution in [2.45, 2.75) is 6.04 Å². The topological polar surface area (TPSA) is 24.4 Å². The van der Waals surface area contributed by atoms with E-state index >= 15 is 0 Å². The number of fused-ring (bicyclic) bond motifs is 11. The van der Waals surface area contributed by atoms with E-state index in [4.69, 9.17) is 4.99 Å². The van der Waals surface area contributed by atoms with Crippen LogP contribution in [-0.4, -0.2) is 11.9 Å². The Balaban J connectivity index is 1.30. The molecule has 0 saturated carbocycles. The van der Waals surface area contributed by atoms with E-state index in [-0.39, 0.29) is 6.04 Å². The molecule has 1 unspecified atom stereocenters. The number of amidine groups is 1. The van der Waals surface area contributed by atoms with Gasteiger partial charge in [0.25, 0.3) is 0 Å². The number of rotatable bonds is 3. The van der Waals surface area contributed by atoms with E-state index in [1.54, 1.807) is 0 Å². The van der Waals surface area contributed by atoms with Gasteiger partial charge in [0, 0.05) is 42.3 Å². The SMILES string of the molecule is C1=CC2=C(c3cccc(-c4ccccc4)c3)N=C(c3cc4c5ccccc5c5ccccc5c4c4sc5ccccc5c34)NC2C=C1. The van der Waals surface area contributed by atoms with Crippen LogP contribution in [0.2, 0.25) is 0 Å². The summed E-state index contributed by atoms with van der Waals surface area (Å²) in [7, 11) is 0. The van der Waals surface area contributed by atoms with E-state index in [1.165, 1.54) is 69.2 Å². The zero-order chi connectivity index (χ0) is 30.9. The Morgan fingerprint density at radius 2 is 1.19 bits per heavy atom. The van der Waals surface area contributed by atoms with Crippen LogP contribution in [0.25, 0.3) is 69.3 Å². The second-order valence-corrected chi connectivity index (χ2v) is 13.4. The number of hydrogen-bond donors (Lipinski definition) is 1. The number of nitrogens with zero attached hydrogens (tertiary/aromatic N) is 1. The average Bonchev–Trinajstić information content (AvgIpc) is 3.54. The highest BCUT2D eigenvalue weighted by Crippen LogP contribution is 2.46. The maximum Gasteiger partial charge on any atom is 0.135 e. The maximum absolute atomic E-state index is 5.53. The van der Waals surface area contributed by atoms with E-state index in [2.05, 4.69) is 163 Å². The van der Waals surface area contributed by atoms with Crippen LogP contribution >= 0.6 is 11.3 Å². The summed E-state index contributed by atoms with van der Waals surface area (Å²) >= 11 is 1.89. The lowest BCUT2D eigenvalue weighted by Crippen LogP contribution is -2.39. The normalized spacial score (nSPS) is 15.9. The molecule has 0 fully saturated rings. The number of hydrogen-bond acceptors (Lipinski definition) is 3.